The van der Waals surface area contributed by atoms with Crippen LogP contribution in [0.5, 0.6) is 5.75 Å². The third-order valence-electron chi connectivity index (χ3n) is 5.41. The number of allylic oxidation sites excluding steroid dienone is 1. The van der Waals surface area contributed by atoms with Gasteiger partial charge in [-0.15, -0.1) is 0 Å². The van der Waals surface area contributed by atoms with Gasteiger partial charge in [0.2, 0.25) is 0 Å². The lowest BCUT2D eigenvalue weighted by Gasteiger charge is -2.11. The molecular weight excluding hydrogens is 412 g/mol. The van der Waals surface area contributed by atoms with E-state index in [0.29, 0.717) is 13.0 Å². The molecule has 1 aliphatic carbocycles. The smallest absolute Gasteiger partial charge is 0.284 e. The summed E-state index contributed by atoms with van der Waals surface area (Å²) < 4.78 is 33.9. The van der Waals surface area contributed by atoms with Crippen molar-refractivity contribution in [2.24, 2.45) is 11.5 Å². The quantitative estimate of drug-likeness (QED) is 0.404. The van der Waals surface area contributed by atoms with Gasteiger partial charge in [0.05, 0.1) is 13.2 Å². The minimum atomic E-state index is -3.76. The molecular formula is C24H32N2O4S. The van der Waals surface area contributed by atoms with Gasteiger partial charge in [0.25, 0.3) is 10.1 Å². The number of unbranched alkanes of at least 4 members (excludes halogenated alkanes) is 2. The lowest BCUT2D eigenvalue weighted by molar-refractivity contribution is 0.279. The van der Waals surface area contributed by atoms with Gasteiger partial charge in [0, 0.05) is 6.54 Å². The summed E-state index contributed by atoms with van der Waals surface area (Å²) in [6.45, 7) is 0.535. The fourth-order valence-electron chi connectivity index (χ4n) is 3.58. The molecule has 1 atom stereocenters. The number of benzene rings is 2. The number of nitrogens with two attached hydrogens (primary N) is 2. The average molecular weight is 445 g/mol. The molecule has 2 aromatic carbocycles. The van der Waals surface area contributed by atoms with Crippen LogP contribution in [0, 0.1) is 0 Å². The lowest BCUT2D eigenvalue weighted by atomic mass is 10.0. The zero-order valence-corrected chi connectivity index (χ0v) is 18.6. The molecule has 168 valence electrons. The van der Waals surface area contributed by atoms with Gasteiger partial charge in [0.15, 0.2) is 0 Å². The number of fused-ring (bicyclic) bond motifs is 1. The van der Waals surface area contributed by atoms with Crippen LogP contribution in [-0.2, 0) is 20.7 Å². The highest BCUT2D eigenvalue weighted by Gasteiger charge is 2.20. The van der Waals surface area contributed by atoms with Gasteiger partial charge in [-0.3, -0.25) is 4.18 Å². The van der Waals surface area contributed by atoms with Crippen molar-refractivity contribution in [2.45, 2.75) is 43.9 Å². The maximum Gasteiger partial charge on any atom is 0.284 e. The van der Waals surface area contributed by atoms with Gasteiger partial charge >= 0.3 is 0 Å². The number of hydrogen-bond donors (Lipinski definition) is 2. The molecule has 1 aliphatic rings. The Morgan fingerprint density at radius 3 is 2.45 bits per heavy atom. The van der Waals surface area contributed by atoms with E-state index in [4.69, 9.17) is 20.4 Å². The van der Waals surface area contributed by atoms with E-state index in [2.05, 4.69) is 42.5 Å². The first kappa shape index (κ1) is 23.5. The molecule has 4 N–H and O–H groups in total. The predicted octanol–water partition coefficient (Wildman–Crippen LogP) is 3.70. The number of rotatable bonds is 11. The summed E-state index contributed by atoms with van der Waals surface area (Å²) >= 11 is 0. The maximum atomic E-state index is 11.6. The zero-order valence-electron chi connectivity index (χ0n) is 17.8. The normalized spacial score (nSPS) is 15.0. The van der Waals surface area contributed by atoms with Crippen molar-refractivity contribution in [3.63, 3.8) is 0 Å². The molecule has 3 rings (SSSR count). The van der Waals surface area contributed by atoms with Crippen LogP contribution in [0.4, 0.5) is 0 Å². The molecule has 0 amide bonds. The van der Waals surface area contributed by atoms with Gasteiger partial charge in [-0.25, -0.2) is 0 Å². The number of ether oxygens (including phenoxy) is 1. The van der Waals surface area contributed by atoms with Gasteiger partial charge in [-0.1, -0.05) is 42.5 Å². The molecule has 31 heavy (non-hydrogen) atoms. The first-order valence-electron chi connectivity index (χ1n) is 10.9. The molecule has 0 radical (unpaired) electrons. The predicted molar refractivity (Wildman–Crippen MR) is 125 cm³/mol. The third kappa shape index (κ3) is 6.90. The first-order valence-corrected chi connectivity index (χ1v) is 12.3. The number of hydrogen-bond acceptors (Lipinski definition) is 6. The highest BCUT2D eigenvalue weighted by molar-refractivity contribution is 7.87. The van der Waals surface area contributed by atoms with Crippen LogP contribution >= 0.6 is 0 Å². The van der Waals surface area contributed by atoms with Crippen LogP contribution in [0.1, 0.15) is 48.8 Å². The van der Waals surface area contributed by atoms with Crippen molar-refractivity contribution in [3.8, 4) is 5.75 Å². The summed E-state index contributed by atoms with van der Waals surface area (Å²) in [5.74, 6) is 0.839. The monoisotopic (exact) mass is 444 g/mol. The molecule has 0 aromatic heterocycles. The summed E-state index contributed by atoms with van der Waals surface area (Å²) in [5, 5.41) is -1.16. The number of aryl methyl sites for hydroxylation is 1. The van der Waals surface area contributed by atoms with Gasteiger partial charge in [0.1, 0.15) is 11.1 Å². The Balaban J connectivity index is 1.41. The third-order valence-corrected chi connectivity index (χ3v) is 6.84. The van der Waals surface area contributed by atoms with Crippen LogP contribution in [0.15, 0.2) is 48.5 Å². The largest absolute Gasteiger partial charge is 0.494 e. The summed E-state index contributed by atoms with van der Waals surface area (Å²) in [6.07, 6.45) is 7.89. The second kappa shape index (κ2) is 11.4. The van der Waals surface area contributed by atoms with E-state index in [-0.39, 0.29) is 13.2 Å². The Morgan fingerprint density at radius 1 is 0.935 bits per heavy atom. The molecule has 0 fully saturated rings. The van der Waals surface area contributed by atoms with E-state index >= 15 is 0 Å². The van der Waals surface area contributed by atoms with Crippen molar-refractivity contribution < 1.29 is 17.3 Å². The summed E-state index contributed by atoms with van der Waals surface area (Å²) in [6, 6.07) is 16.9. The van der Waals surface area contributed by atoms with Crippen molar-refractivity contribution in [1.29, 1.82) is 0 Å². The summed E-state index contributed by atoms with van der Waals surface area (Å²) in [5.41, 5.74) is 16.0. The van der Waals surface area contributed by atoms with E-state index < -0.39 is 15.5 Å². The van der Waals surface area contributed by atoms with Crippen molar-refractivity contribution in [2.75, 3.05) is 19.8 Å². The van der Waals surface area contributed by atoms with Crippen LogP contribution in [0.2, 0.25) is 0 Å². The minimum Gasteiger partial charge on any atom is -0.494 e. The zero-order chi connectivity index (χ0) is 22.1. The topological polar surface area (TPSA) is 105 Å². The Hall–Kier alpha value is -2.19. The van der Waals surface area contributed by atoms with Crippen molar-refractivity contribution >= 4 is 21.8 Å². The van der Waals surface area contributed by atoms with Gasteiger partial charge in [-0.2, -0.15) is 8.42 Å². The molecule has 6 nitrogen and oxygen atoms in total. The molecule has 0 spiro atoms. The molecule has 0 bridgehead atoms. The first-order chi connectivity index (χ1) is 15.0. The SMILES string of the molecule is NCC(N)S(=O)(=O)OCCCCCOc1ccc(C2=Cc3ccccc3CCC2)cc1. The summed E-state index contributed by atoms with van der Waals surface area (Å²) in [4.78, 5) is 0. The highest BCUT2D eigenvalue weighted by atomic mass is 32.2. The molecule has 0 heterocycles. The van der Waals surface area contributed by atoms with Crippen molar-refractivity contribution in [3.05, 3.63) is 65.2 Å². The lowest BCUT2D eigenvalue weighted by Crippen LogP contribution is -2.38. The van der Waals surface area contributed by atoms with Crippen LogP contribution in [-0.4, -0.2) is 33.6 Å². The Bertz CT molecular complexity index is 971. The molecule has 0 saturated carbocycles. The molecule has 2 aromatic rings. The fraction of sp³-hybridized carbons (Fsp3) is 0.417. The van der Waals surface area contributed by atoms with E-state index in [1.54, 1.807) is 0 Å². The van der Waals surface area contributed by atoms with E-state index in [9.17, 15) is 8.42 Å². The maximum absolute atomic E-state index is 11.6. The van der Waals surface area contributed by atoms with Gasteiger partial charge < -0.3 is 16.2 Å². The molecule has 0 aliphatic heterocycles. The average Bonchev–Trinajstić information content (AvgIpc) is 3.00. The Kier molecular flexibility index (Phi) is 8.66. The van der Waals surface area contributed by atoms with E-state index in [1.165, 1.54) is 22.3 Å². The van der Waals surface area contributed by atoms with Crippen LogP contribution in [0.3, 0.4) is 0 Å². The second-order valence-electron chi connectivity index (χ2n) is 7.74. The highest BCUT2D eigenvalue weighted by Crippen LogP contribution is 2.30. The summed E-state index contributed by atoms with van der Waals surface area (Å²) in [7, 11) is -3.76. The van der Waals surface area contributed by atoms with E-state index in [0.717, 1.165) is 37.9 Å². The standard InChI is InChI=1S/C24H32N2O4S/c25-18-24(26)31(27,28)30-16-5-1-4-15-29-23-13-11-20(12-14-23)22-10-6-9-19-7-2-3-8-21(19)17-22/h2-3,7-8,11-14,17,24H,1,4-6,9-10,15-16,18,25-26H2. The van der Waals surface area contributed by atoms with Crippen LogP contribution < -0.4 is 16.2 Å². The Morgan fingerprint density at radius 2 is 1.68 bits per heavy atom. The fourth-order valence-corrected chi connectivity index (χ4v) is 4.34. The molecule has 0 saturated heterocycles. The Labute approximate surface area is 185 Å². The van der Waals surface area contributed by atoms with Crippen LogP contribution in [0.25, 0.3) is 11.6 Å². The van der Waals surface area contributed by atoms with Gasteiger partial charge in [-0.05, 0) is 72.9 Å². The second-order valence-corrected chi connectivity index (χ2v) is 9.57. The minimum absolute atomic E-state index is 0.114. The van der Waals surface area contributed by atoms with E-state index in [1.807, 2.05) is 12.1 Å². The van der Waals surface area contributed by atoms with Crippen molar-refractivity contribution in [1.82, 2.24) is 0 Å². The molecule has 7 heteroatoms. The molecule has 1 unspecified atom stereocenters.